The van der Waals surface area contributed by atoms with Gasteiger partial charge in [-0.15, -0.1) is 0 Å². The van der Waals surface area contributed by atoms with Crippen molar-refractivity contribution in [3.05, 3.63) is 89.5 Å². The fraction of sp³-hybridized carbons (Fsp3) is 0.200. The van der Waals surface area contributed by atoms with Crippen LogP contribution in [0.3, 0.4) is 0 Å². The first-order valence-corrected chi connectivity index (χ1v) is 10.2. The van der Waals surface area contributed by atoms with Crippen molar-refractivity contribution in [3.63, 3.8) is 0 Å². The van der Waals surface area contributed by atoms with Gasteiger partial charge >= 0.3 is 6.03 Å². The van der Waals surface area contributed by atoms with Crippen molar-refractivity contribution in [3.8, 4) is 11.5 Å². The van der Waals surface area contributed by atoms with Crippen molar-refractivity contribution >= 4 is 17.9 Å². The highest BCUT2D eigenvalue weighted by atomic mass is 16.5. The van der Waals surface area contributed by atoms with Crippen LogP contribution in [0.4, 0.5) is 10.5 Å². The summed E-state index contributed by atoms with van der Waals surface area (Å²) in [5.74, 6) is 1.60. The molecule has 0 fully saturated rings. The van der Waals surface area contributed by atoms with Gasteiger partial charge in [-0.2, -0.15) is 5.10 Å². The number of amides is 2. The molecule has 0 bridgehead atoms. The number of carbonyl (C=O) groups is 1. The van der Waals surface area contributed by atoms with Crippen molar-refractivity contribution < 1.29 is 14.3 Å². The minimum absolute atomic E-state index is 0.413. The Balaban J connectivity index is 1.44. The molecule has 0 atom stereocenters. The zero-order chi connectivity index (χ0) is 21.9. The van der Waals surface area contributed by atoms with Gasteiger partial charge in [0.15, 0.2) is 0 Å². The highest BCUT2D eigenvalue weighted by Crippen LogP contribution is 2.19. The van der Waals surface area contributed by atoms with Crippen LogP contribution < -0.4 is 20.2 Å². The molecule has 0 unspecified atom stereocenters. The van der Waals surface area contributed by atoms with Gasteiger partial charge in [-0.3, -0.25) is 0 Å². The molecule has 0 aliphatic rings. The number of nitrogens with one attached hydrogen (secondary N) is 2. The SMILES string of the molecule is Cc1ccc(OCCCOc2ccccc2C=NNC(=O)Nc2ccccc2)c(C)c1. The molecule has 0 spiro atoms. The molecule has 0 aromatic heterocycles. The number of carbonyl (C=O) groups excluding carboxylic acids is 1. The van der Waals surface area contributed by atoms with Crippen molar-refractivity contribution in [2.45, 2.75) is 20.3 Å². The van der Waals surface area contributed by atoms with Gasteiger partial charge < -0.3 is 14.8 Å². The summed E-state index contributed by atoms with van der Waals surface area (Å²) >= 11 is 0. The fourth-order valence-electron chi connectivity index (χ4n) is 2.94. The summed E-state index contributed by atoms with van der Waals surface area (Å²) in [5.41, 5.74) is 6.28. The van der Waals surface area contributed by atoms with Crippen LogP contribution in [0, 0.1) is 13.8 Å². The number of aryl methyl sites for hydroxylation is 2. The predicted octanol–water partition coefficient (Wildman–Crippen LogP) is 5.31. The minimum atomic E-state index is -0.413. The molecule has 160 valence electrons. The molecule has 0 aliphatic carbocycles. The molecule has 3 rings (SSSR count). The second-order valence-corrected chi connectivity index (χ2v) is 7.05. The quantitative estimate of drug-likeness (QED) is 0.282. The number of ether oxygens (including phenoxy) is 2. The number of hydrogen-bond donors (Lipinski definition) is 2. The second-order valence-electron chi connectivity index (χ2n) is 7.05. The Kier molecular flexibility index (Phi) is 8.05. The standard InChI is InChI=1S/C25H27N3O3/c1-19-13-14-23(20(2)17-19)30-15-8-16-31-24-12-7-6-9-21(24)18-26-28-25(29)27-22-10-4-3-5-11-22/h3-7,9-14,17-18H,8,15-16H2,1-2H3,(H2,27,28,29). The third kappa shape index (κ3) is 7.19. The van der Waals surface area contributed by atoms with E-state index in [9.17, 15) is 4.79 Å². The lowest BCUT2D eigenvalue weighted by molar-refractivity contribution is 0.246. The Morgan fingerprint density at radius 3 is 2.39 bits per heavy atom. The Hall–Kier alpha value is -3.80. The number of benzene rings is 3. The van der Waals surface area contributed by atoms with Gasteiger partial charge in [0.1, 0.15) is 11.5 Å². The molecule has 3 aromatic carbocycles. The summed E-state index contributed by atoms with van der Waals surface area (Å²) in [5, 5.41) is 6.71. The predicted molar refractivity (Wildman–Crippen MR) is 124 cm³/mol. The maximum Gasteiger partial charge on any atom is 0.339 e. The molecule has 6 nitrogen and oxygen atoms in total. The van der Waals surface area contributed by atoms with E-state index >= 15 is 0 Å². The van der Waals surface area contributed by atoms with E-state index in [2.05, 4.69) is 28.8 Å². The highest BCUT2D eigenvalue weighted by molar-refractivity contribution is 5.90. The summed E-state index contributed by atoms with van der Waals surface area (Å²) in [7, 11) is 0. The monoisotopic (exact) mass is 417 g/mol. The summed E-state index contributed by atoms with van der Waals surface area (Å²) in [6, 6.07) is 22.5. The van der Waals surface area contributed by atoms with Gasteiger partial charge in [0.25, 0.3) is 0 Å². The Bertz CT molecular complexity index is 1020. The van der Waals surface area contributed by atoms with E-state index in [1.807, 2.05) is 61.5 Å². The molecule has 2 N–H and O–H groups in total. The third-order valence-corrected chi connectivity index (χ3v) is 4.45. The molecule has 0 heterocycles. The van der Waals surface area contributed by atoms with E-state index in [1.165, 1.54) is 5.56 Å². The zero-order valence-electron chi connectivity index (χ0n) is 17.8. The van der Waals surface area contributed by atoms with E-state index in [4.69, 9.17) is 9.47 Å². The molecule has 0 saturated heterocycles. The highest BCUT2D eigenvalue weighted by Gasteiger charge is 2.03. The largest absolute Gasteiger partial charge is 0.493 e. The Labute approximate surface area is 182 Å². The number of rotatable bonds is 9. The summed E-state index contributed by atoms with van der Waals surface area (Å²) < 4.78 is 11.7. The number of para-hydroxylation sites is 2. The van der Waals surface area contributed by atoms with Gasteiger partial charge in [-0.25, -0.2) is 10.2 Å². The lowest BCUT2D eigenvalue weighted by Crippen LogP contribution is -2.24. The van der Waals surface area contributed by atoms with Gasteiger partial charge in [0.2, 0.25) is 0 Å². The molecule has 31 heavy (non-hydrogen) atoms. The molecular formula is C25H27N3O3. The molecular weight excluding hydrogens is 390 g/mol. The maximum absolute atomic E-state index is 11.9. The summed E-state index contributed by atoms with van der Waals surface area (Å²) in [6.45, 7) is 5.19. The van der Waals surface area contributed by atoms with Gasteiger partial charge in [-0.1, -0.05) is 48.0 Å². The van der Waals surface area contributed by atoms with Crippen LogP contribution in [-0.4, -0.2) is 25.5 Å². The van der Waals surface area contributed by atoms with Crippen LogP contribution in [0.15, 0.2) is 77.9 Å². The van der Waals surface area contributed by atoms with Crippen LogP contribution in [-0.2, 0) is 0 Å². The van der Waals surface area contributed by atoms with Crippen LogP contribution in [0.25, 0.3) is 0 Å². The van der Waals surface area contributed by atoms with E-state index in [-0.39, 0.29) is 0 Å². The van der Waals surface area contributed by atoms with Crippen LogP contribution in [0.2, 0.25) is 0 Å². The van der Waals surface area contributed by atoms with Crippen LogP contribution >= 0.6 is 0 Å². The third-order valence-electron chi connectivity index (χ3n) is 4.45. The first kappa shape index (κ1) is 21.9. The van der Waals surface area contributed by atoms with Crippen molar-refractivity contribution in [1.82, 2.24) is 5.43 Å². The second kappa shape index (κ2) is 11.4. The van der Waals surface area contributed by atoms with Crippen LogP contribution in [0.1, 0.15) is 23.1 Å². The van der Waals surface area contributed by atoms with Gasteiger partial charge in [-0.05, 0) is 49.7 Å². The number of hydrazone groups is 1. The Morgan fingerprint density at radius 2 is 1.61 bits per heavy atom. The molecule has 2 amide bonds. The fourth-order valence-corrected chi connectivity index (χ4v) is 2.94. The molecule has 0 aliphatic heterocycles. The number of urea groups is 1. The normalized spacial score (nSPS) is 10.6. The average molecular weight is 418 g/mol. The number of hydrogen-bond acceptors (Lipinski definition) is 4. The molecule has 6 heteroatoms. The average Bonchev–Trinajstić information content (AvgIpc) is 2.76. The lowest BCUT2D eigenvalue weighted by atomic mass is 10.1. The van der Waals surface area contributed by atoms with Crippen LogP contribution in [0.5, 0.6) is 11.5 Å². The van der Waals surface area contributed by atoms with E-state index in [0.29, 0.717) is 24.7 Å². The van der Waals surface area contributed by atoms with Gasteiger partial charge in [0.05, 0.1) is 19.4 Å². The minimum Gasteiger partial charge on any atom is -0.493 e. The van der Waals surface area contributed by atoms with Gasteiger partial charge in [0, 0.05) is 17.7 Å². The Morgan fingerprint density at radius 1 is 0.903 bits per heavy atom. The smallest absolute Gasteiger partial charge is 0.339 e. The zero-order valence-corrected chi connectivity index (χ0v) is 17.8. The van der Waals surface area contributed by atoms with E-state index < -0.39 is 6.03 Å². The topological polar surface area (TPSA) is 72.0 Å². The first-order valence-electron chi connectivity index (χ1n) is 10.2. The summed E-state index contributed by atoms with van der Waals surface area (Å²) in [6.07, 6.45) is 2.31. The molecule has 0 radical (unpaired) electrons. The maximum atomic E-state index is 11.9. The van der Waals surface area contributed by atoms with E-state index in [0.717, 1.165) is 23.3 Å². The molecule has 0 saturated carbocycles. The van der Waals surface area contributed by atoms with Crippen molar-refractivity contribution in [2.24, 2.45) is 5.10 Å². The van der Waals surface area contributed by atoms with Crippen molar-refractivity contribution in [2.75, 3.05) is 18.5 Å². The number of nitrogens with zero attached hydrogens (tertiary/aromatic N) is 1. The first-order chi connectivity index (χ1) is 15.1. The number of anilines is 1. The lowest BCUT2D eigenvalue weighted by Gasteiger charge is -2.11. The van der Waals surface area contributed by atoms with E-state index in [1.54, 1.807) is 18.3 Å². The van der Waals surface area contributed by atoms with Crippen molar-refractivity contribution in [1.29, 1.82) is 0 Å². The molecule has 3 aromatic rings. The summed E-state index contributed by atoms with van der Waals surface area (Å²) in [4.78, 5) is 11.9.